The van der Waals surface area contributed by atoms with E-state index in [9.17, 15) is 21.2 Å². The summed E-state index contributed by atoms with van der Waals surface area (Å²) in [6, 6.07) is 10.7. The van der Waals surface area contributed by atoms with Gasteiger partial charge in [0.2, 0.25) is 10.0 Å². The first-order valence-corrected chi connectivity index (χ1v) is 12.1. The summed E-state index contributed by atoms with van der Waals surface area (Å²) in [6.45, 7) is 1.75. The molecule has 0 saturated heterocycles. The minimum Gasteiger partial charge on any atom is -0.211 e. The number of sulfonamides is 1. The van der Waals surface area contributed by atoms with Crippen LogP contribution in [0.15, 0.2) is 51.8 Å². The zero-order valence-corrected chi connectivity index (χ0v) is 18.3. The van der Waals surface area contributed by atoms with Crippen molar-refractivity contribution in [2.24, 2.45) is 0 Å². The van der Waals surface area contributed by atoms with Crippen molar-refractivity contribution in [3.63, 3.8) is 0 Å². The number of rotatable bonds is 10. The highest BCUT2D eigenvalue weighted by atomic mass is 79.9. The van der Waals surface area contributed by atoms with E-state index in [1.807, 2.05) is 6.92 Å². The van der Waals surface area contributed by atoms with Gasteiger partial charge >= 0.3 is 0 Å². The topological polar surface area (TPSA) is 104 Å². The highest BCUT2D eigenvalue weighted by molar-refractivity contribution is 9.10. The van der Waals surface area contributed by atoms with Crippen molar-refractivity contribution in [1.82, 2.24) is 14.2 Å². The first-order valence-electron chi connectivity index (χ1n) is 8.33. The van der Waals surface area contributed by atoms with Crippen molar-refractivity contribution < 1.29 is 21.2 Å². The molecule has 0 aliphatic carbocycles. The van der Waals surface area contributed by atoms with Crippen molar-refractivity contribution in [3.05, 3.63) is 63.9 Å². The average Bonchev–Trinajstić information content (AvgIpc) is 2.61. The Balaban J connectivity index is 1.75. The smallest absolute Gasteiger partial charge is 0.211 e. The van der Waals surface area contributed by atoms with Gasteiger partial charge in [-0.1, -0.05) is 39.7 Å². The molecule has 2 aromatic carbocycles. The Morgan fingerprint density at radius 3 is 2.21 bits per heavy atom. The van der Waals surface area contributed by atoms with E-state index in [2.05, 4.69) is 30.1 Å². The summed E-state index contributed by atoms with van der Waals surface area (Å²) >= 11 is 3.13. The van der Waals surface area contributed by atoms with E-state index in [-0.39, 0.29) is 36.5 Å². The molecular weight excluding hydrogens is 473 g/mol. The zero-order chi connectivity index (χ0) is 20.8. The maximum atomic E-state index is 13.7. The molecule has 0 bridgehead atoms. The van der Waals surface area contributed by atoms with Gasteiger partial charge in [0, 0.05) is 29.7 Å². The van der Waals surface area contributed by atoms with Gasteiger partial charge in [0.15, 0.2) is 0 Å². The SMILES string of the molecule is Cc1ccc(S(=O)(=O)NCCCNS(=O)(=O)NCc2ccc(Br)cc2F)cc1. The molecule has 0 heterocycles. The van der Waals surface area contributed by atoms with Crippen molar-refractivity contribution in [3.8, 4) is 0 Å². The molecule has 2 rings (SSSR count). The summed E-state index contributed by atoms with van der Waals surface area (Å²) in [5.74, 6) is -0.525. The standard InChI is InChI=1S/C17H21BrFN3O4S2/c1-13-3-7-16(8-4-13)27(23,24)20-9-2-10-21-28(25,26)22-12-14-5-6-15(18)11-17(14)19/h3-8,11,20-22H,2,9-10,12H2,1H3. The Labute approximate surface area is 173 Å². The lowest BCUT2D eigenvalue weighted by atomic mass is 10.2. The molecule has 0 aromatic heterocycles. The molecule has 0 aliphatic heterocycles. The van der Waals surface area contributed by atoms with Crippen LogP contribution in [0.1, 0.15) is 17.5 Å². The zero-order valence-electron chi connectivity index (χ0n) is 15.1. The van der Waals surface area contributed by atoms with E-state index >= 15 is 0 Å². The van der Waals surface area contributed by atoms with E-state index in [4.69, 9.17) is 0 Å². The third-order valence-electron chi connectivity index (χ3n) is 3.74. The van der Waals surface area contributed by atoms with E-state index in [1.54, 1.807) is 18.2 Å². The van der Waals surface area contributed by atoms with Crippen LogP contribution in [0.25, 0.3) is 0 Å². The van der Waals surface area contributed by atoms with Crippen LogP contribution >= 0.6 is 15.9 Å². The van der Waals surface area contributed by atoms with E-state index in [1.165, 1.54) is 24.3 Å². The Kier molecular flexibility index (Phi) is 8.10. The third kappa shape index (κ3) is 7.22. The van der Waals surface area contributed by atoms with Crippen molar-refractivity contribution >= 4 is 36.2 Å². The second-order valence-electron chi connectivity index (χ2n) is 6.02. The van der Waals surface area contributed by atoms with Crippen LogP contribution in [0.5, 0.6) is 0 Å². The average molecular weight is 494 g/mol. The van der Waals surface area contributed by atoms with Crippen molar-refractivity contribution in [1.29, 1.82) is 0 Å². The summed E-state index contributed by atoms with van der Waals surface area (Å²) < 4.78 is 69.2. The monoisotopic (exact) mass is 493 g/mol. The van der Waals surface area contributed by atoms with Crippen LogP contribution in [0.2, 0.25) is 0 Å². The van der Waals surface area contributed by atoms with E-state index in [0.717, 1.165) is 5.56 Å². The molecule has 0 spiro atoms. The second kappa shape index (κ2) is 9.90. The van der Waals surface area contributed by atoms with Gasteiger partial charge in [-0.05, 0) is 37.6 Å². The highest BCUT2D eigenvalue weighted by Gasteiger charge is 2.14. The predicted octanol–water partition coefficient (Wildman–Crippen LogP) is 2.19. The quantitative estimate of drug-likeness (QED) is 0.441. The first kappa shape index (κ1) is 22.9. The Bertz CT molecular complexity index is 1010. The summed E-state index contributed by atoms with van der Waals surface area (Å²) in [5, 5.41) is 0. The van der Waals surface area contributed by atoms with Crippen LogP contribution in [-0.4, -0.2) is 29.9 Å². The van der Waals surface area contributed by atoms with Gasteiger partial charge in [-0.3, -0.25) is 0 Å². The van der Waals surface area contributed by atoms with Crippen molar-refractivity contribution in [2.45, 2.75) is 24.8 Å². The second-order valence-corrected chi connectivity index (χ2v) is 10.3. The van der Waals surface area contributed by atoms with Crippen LogP contribution in [-0.2, 0) is 26.8 Å². The fourth-order valence-electron chi connectivity index (χ4n) is 2.19. The molecule has 2 aromatic rings. The minimum absolute atomic E-state index is 0.0224. The number of benzene rings is 2. The molecule has 0 atom stereocenters. The fourth-order valence-corrected chi connectivity index (χ4v) is 4.46. The third-order valence-corrected chi connectivity index (χ3v) is 6.82. The summed E-state index contributed by atoms with van der Waals surface area (Å²) in [7, 11) is -7.47. The Hall–Kier alpha value is -1.37. The normalized spacial score (nSPS) is 12.2. The lowest BCUT2D eigenvalue weighted by Crippen LogP contribution is -2.37. The largest absolute Gasteiger partial charge is 0.277 e. The van der Waals surface area contributed by atoms with Gasteiger partial charge in [0.05, 0.1) is 4.90 Å². The predicted molar refractivity (Wildman–Crippen MR) is 109 cm³/mol. The molecule has 7 nitrogen and oxygen atoms in total. The van der Waals surface area contributed by atoms with Crippen LogP contribution in [0, 0.1) is 12.7 Å². The molecule has 0 fully saturated rings. The fraction of sp³-hybridized carbons (Fsp3) is 0.294. The Morgan fingerprint density at radius 2 is 1.57 bits per heavy atom. The van der Waals surface area contributed by atoms with Crippen LogP contribution in [0.3, 0.4) is 0 Å². The Morgan fingerprint density at radius 1 is 0.929 bits per heavy atom. The van der Waals surface area contributed by atoms with E-state index < -0.39 is 26.0 Å². The molecule has 154 valence electrons. The molecule has 0 saturated carbocycles. The van der Waals surface area contributed by atoms with Gasteiger partial charge < -0.3 is 0 Å². The number of halogens is 2. The number of hydrogen-bond acceptors (Lipinski definition) is 4. The van der Waals surface area contributed by atoms with Crippen molar-refractivity contribution in [2.75, 3.05) is 13.1 Å². The number of hydrogen-bond donors (Lipinski definition) is 3. The van der Waals surface area contributed by atoms with E-state index in [0.29, 0.717) is 4.47 Å². The molecule has 0 aliphatic rings. The molecule has 3 N–H and O–H groups in total. The molecular formula is C17H21BrFN3O4S2. The highest BCUT2D eigenvalue weighted by Crippen LogP contribution is 2.15. The molecule has 0 unspecified atom stereocenters. The number of aryl methyl sites for hydroxylation is 1. The maximum absolute atomic E-state index is 13.7. The first-order chi connectivity index (χ1) is 13.1. The lowest BCUT2D eigenvalue weighted by Gasteiger charge is -2.10. The van der Waals surface area contributed by atoms with Crippen LogP contribution < -0.4 is 14.2 Å². The number of nitrogens with one attached hydrogen (secondary N) is 3. The molecule has 0 amide bonds. The van der Waals surface area contributed by atoms with Crippen LogP contribution in [0.4, 0.5) is 4.39 Å². The molecule has 0 radical (unpaired) electrons. The van der Waals surface area contributed by atoms with Gasteiger partial charge in [0.1, 0.15) is 5.82 Å². The summed E-state index contributed by atoms with van der Waals surface area (Å²) in [4.78, 5) is 0.150. The van der Waals surface area contributed by atoms with Gasteiger partial charge in [0.25, 0.3) is 10.2 Å². The maximum Gasteiger partial charge on any atom is 0.277 e. The summed E-state index contributed by atoms with van der Waals surface area (Å²) in [6.07, 6.45) is 0.249. The van der Waals surface area contributed by atoms with Gasteiger partial charge in [-0.15, -0.1) is 0 Å². The molecule has 11 heteroatoms. The summed E-state index contributed by atoms with van der Waals surface area (Å²) in [5.41, 5.74) is 1.16. The van der Waals surface area contributed by atoms with Gasteiger partial charge in [-0.2, -0.15) is 13.1 Å². The lowest BCUT2D eigenvalue weighted by molar-refractivity contribution is 0.557. The van der Waals surface area contributed by atoms with Gasteiger partial charge in [-0.25, -0.2) is 22.3 Å². The minimum atomic E-state index is -3.84. The molecule has 28 heavy (non-hydrogen) atoms.